The Morgan fingerprint density at radius 1 is 1.22 bits per heavy atom. The van der Waals surface area contributed by atoms with E-state index in [9.17, 15) is 13.2 Å². The maximum Gasteiger partial charge on any atom is 0.573 e. The van der Waals surface area contributed by atoms with Crippen molar-refractivity contribution in [2.75, 3.05) is 25.6 Å². The topological polar surface area (TPSA) is 12.5 Å². The standard InChI is InChI=1S/C12H16F3NOS/c1-16(7-8-18-2)9-10-3-5-11(6-4-10)17-12(13,14)15/h3-6H,7-9H2,1-2H3. The van der Waals surface area contributed by atoms with E-state index >= 15 is 0 Å². The van der Waals surface area contributed by atoms with Crippen LogP contribution in [0.25, 0.3) is 0 Å². The molecule has 1 aromatic rings. The minimum absolute atomic E-state index is 0.182. The minimum Gasteiger partial charge on any atom is -0.406 e. The van der Waals surface area contributed by atoms with Gasteiger partial charge in [-0.2, -0.15) is 11.8 Å². The lowest BCUT2D eigenvalue weighted by Crippen LogP contribution is -2.20. The lowest BCUT2D eigenvalue weighted by atomic mass is 10.2. The Hall–Kier alpha value is -0.880. The Bertz CT molecular complexity index is 353. The summed E-state index contributed by atoms with van der Waals surface area (Å²) in [6.07, 6.45) is -2.59. The van der Waals surface area contributed by atoms with Crippen molar-refractivity contribution in [1.82, 2.24) is 4.90 Å². The van der Waals surface area contributed by atoms with Crippen molar-refractivity contribution in [1.29, 1.82) is 0 Å². The summed E-state index contributed by atoms with van der Waals surface area (Å²) in [4.78, 5) is 2.12. The van der Waals surface area contributed by atoms with Crippen LogP contribution in [0.4, 0.5) is 13.2 Å². The fourth-order valence-electron chi connectivity index (χ4n) is 1.43. The molecule has 0 saturated heterocycles. The lowest BCUT2D eigenvalue weighted by Gasteiger charge is -2.16. The average Bonchev–Trinajstić information content (AvgIpc) is 2.27. The van der Waals surface area contributed by atoms with E-state index in [1.54, 1.807) is 23.9 Å². The maximum atomic E-state index is 12.0. The number of nitrogens with zero attached hydrogens (tertiary/aromatic N) is 1. The highest BCUT2D eigenvalue weighted by atomic mass is 32.2. The van der Waals surface area contributed by atoms with Crippen LogP contribution in [0.5, 0.6) is 5.75 Å². The van der Waals surface area contributed by atoms with Crippen molar-refractivity contribution in [2.24, 2.45) is 0 Å². The molecule has 0 saturated carbocycles. The van der Waals surface area contributed by atoms with E-state index in [1.807, 2.05) is 13.3 Å². The van der Waals surface area contributed by atoms with Gasteiger partial charge in [0.05, 0.1) is 0 Å². The molecule has 0 bridgehead atoms. The highest BCUT2D eigenvalue weighted by Crippen LogP contribution is 2.22. The van der Waals surface area contributed by atoms with Crippen LogP contribution >= 0.6 is 11.8 Å². The van der Waals surface area contributed by atoms with Gasteiger partial charge in [0.1, 0.15) is 5.75 Å². The summed E-state index contributed by atoms with van der Waals surface area (Å²) in [6.45, 7) is 1.66. The van der Waals surface area contributed by atoms with Crippen LogP contribution in [0.1, 0.15) is 5.56 Å². The molecule has 0 spiro atoms. The smallest absolute Gasteiger partial charge is 0.406 e. The highest BCUT2D eigenvalue weighted by molar-refractivity contribution is 7.98. The number of alkyl halides is 3. The molecule has 0 aliphatic heterocycles. The second-order valence-electron chi connectivity index (χ2n) is 3.92. The molecule has 0 amide bonds. The zero-order valence-electron chi connectivity index (χ0n) is 10.3. The normalized spacial score (nSPS) is 11.9. The summed E-state index contributed by atoms with van der Waals surface area (Å²) in [7, 11) is 1.98. The van der Waals surface area contributed by atoms with Gasteiger partial charge in [0.25, 0.3) is 0 Å². The van der Waals surface area contributed by atoms with E-state index in [1.165, 1.54) is 12.1 Å². The summed E-state index contributed by atoms with van der Waals surface area (Å²) in [5.41, 5.74) is 0.966. The van der Waals surface area contributed by atoms with E-state index in [0.717, 1.165) is 17.9 Å². The number of hydrogen-bond donors (Lipinski definition) is 0. The second kappa shape index (κ2) is 6.89. The number of thioether (sulfide) groups is 1. The molecule has 0 aromatic heterocycles. The van der Waals surface area contributed by atoms with E-state index in [2.05, 4.69) is 9.64 Å². The summed E-state index contributed by atoms with van der Waals surface area (Å²) < 4.78 is 39.7. The fraction of sp³-hybridized carbons (Fsp3) is 0.500. The number of halogens is 3. The monoisotopic (exact) mass is 279 g/mol. The maximum absolute atomic E-state index is 12.0. The summed E-state index contributed by atoms with van der Waals surface area (Å²) >= 11 is 1.76. The van der Waals surface area contributed by atoms with Crippen molar-refractivity contribution in [2.45, 2.75) is 12.9 Å². The van der Waals surface area contributed by atoms with Crippen LogP contribution in [-0.4, -0.2) is 36.9 Å². The molecule has 18 heavy (non-hydrogen) atoms. The number of ether oxygens (including phenoxy) is 1. The molecule has 0 heterocycles. The Morgan fingerprint density at radius 2 is 1.83 bits per heavy atom. The highest BCUT2D eigenvalue weighted by Gasteiger charge is 2.30. The van der Waals surface area contributed by atoms with Crippen LogP contribution in [-0.2, 0) is 6.54 Å². The van der Waals surface area contributed by atoms with Gasteiger partial charge < -0.3 is 9.64 Å². The third kappa shape index (κ3) is 6.16. The first-order valence-electron chi connectivity index (χ1n) is 5.43. The number of hydrogen-bond acceptors (Lipinski definition) is 3. The molecule has 0 atom stereocenters. The van der Waals surface area contributed by atoms with Gasteiger partial charge in [-0.1, -0.05) is 12.1 Å². The van der Waals surface area contributed by atoms with Crippen molar-refractivity contribution >= 4 is 11.8 Å². The number of rotatable bonds is 6. The van der Waals surface area contributed by atoms with E-state index in [4.69, 9.17) is 0 Å². The Balaban J connectivity index is 2.50. The molecule has 6 heteroatoms. The molecule has 0 radical (unpaired) electrons. The van der Waals surface area contributed by atoms with Crippen LogP contribution in [0.15, 0.2) is 24.3 Å². The SMILES string of the molecule is CSCCN(C)Cc1ccc(OC(F)(F)F)cc1. The van der Waals surface area contributed by atoms with E-state index in [-0.39, 0.29) is 5.75 Å². The van der Waals surface area contributed by atoms with Crippen LogP contribution < -0.4 is 4.74 Å². The summed E-state index contributed by atoms with van der Waals surface area (Å²) in [6, 6.07) is 5.98. The molecule has 102 valence electrons. The molecule has 2 nitrogen and oxygen atoms in total. The van der Waals surface area contributed by atoms with E-state index < -0.39 is 6.36 Å². The molecule has 0 unspecified atom stereocenters. The lowest BCUT2D eigenvalue weighted by molar-refractivity contribution is -0.274. The first-order chi connectivity index (χ1) is 8.40. The number of benzene rings is 1. The van der Waals surface area contributed by atoms with Gasteiger partial charge in [-0.15, -0.1) is 13.2 Å². The Morgan fingerprint density at radius 3 is 2.33 bits per heavy atom. The van der Waals surface area contributed by atoms with Gasteiger partial charge >= 0.3 is 6.36 Å². The largest absolute Gasteiger partial charge is 0.573 e. The minimum atomic E-state index is -4.63. The van der Waals surface area contributed by atoms with Crippen LogP contribution in [0.3, 0.4) is 0 Å². The average molecular weight is 279 g/mol. The Kier molecular flexibility index (Phi) is 5.81. The predicted octanol–water partition coefficient (Wildman–Crippen LogP) is 3.38. The van der Waals surface area contributed by atoms with E-state index in [0.29, 0.717) is 6.54 Å². The van der Waals surface area contributed by atoms with Gasteiger partial charge in [0.15, 0.2) is 0 Å². The first kappa shape index (κ1) is 15.2. The van der Waals surface area contributed by atoms with Crippen molar-refractivity contribution < 1.29 is 17.9 Å². The van der Waals surface area contributed by atoms with Gasteiger partial charge in [-0.25, -0.2) is 0 Å². The van der Waals surface area contributed by atoms with Gasteiger partial charge in [-0.05, 0) is 31.0 Å². The molecular weight excluding hydrogens is 263 g/mol. The second-order valence-corrected chi connectivity index (χ2v) is 4.91. The quantitative estimate of drug-likeness (QED) is 0.792. The first-order valence-corrected chi connectivity index (χ1v) is 6.82. The third-order valence-electron chi connectivity index (χ3n) is 2.29. The van der Waals surface area contributed by atoms with Crippen molar-refractivity contribution in [3.8, 4) is 5.75 Å². The summed E-state index contributed by atoms with van der Waals surface area (Å²) in [5, 5.41) is 0. The van der Waals surface area contributed by atoms with Gasteiger partial charge in [-0.3, -0.25) is 0 Å². The molecule has 0 N–H and O–H groups in total. The summed E-state index contributed by atoms with van der Waals surface area (Å²) in [5.74, 6) is 0.851. The molecular formula is C12H16F3NOS. The van der Waals surface area contributed by atoms with Crippen molar-refractivity contribution in [3.05, 3.63) is 29.8 Å². The van der Waals surface area contributed by atoms with Gasteiger partial charge in [0, 0.05) is 18.8 Å². The van der Waals surface area contributed by atoms with Crippen molar-refractivity contribution in [3.63, 3.8) is 0 Å². The van der Waals surface area contributed by atoms with Gasteiger partial charge in [0.2, 0.25) is 0 Å². The Labute approximate surface area is 109 Å². The van der Waals surface area contributed by atoms with Crippen LogP contribution in [0, 0.1) is 0 Å². The molecule has 1 aromatic carbocycles. The zero-order valence-corrected chi connectivity index (χ0v) is 11.1. The molecule has 0 aliphatic rings. The zero-order chi connectivity index (χ0) is 13.6. The molecule has 0 fully saturated rings. The fourth-order valence-corrected chi connectivity index (χ4v) is 1.93. The van der Waals surface area contributed by atoms with Crippen LogP contribution in [0.2, 0.25) is 0 Å². The third-order valence-corrected chi connectivity index (χ3v) is 2.88. The molecule has 1 rings (SSSR count). The predicted molar refractivity (Wildman–Crippen MR) is 67.8 cm³/mol. The molecule has 0 aliphatic carbocycles.